The molecule has 1 N–H and O–H groups in total. The quantitative estimate of drug-likeness (QED) is 0.551. The van der Waals surface area contributed by atoms with Gasteiger partial charge < -0.3 is 10.2 Å². The number of hydrogen-bond acceptors (Lipinski definition) is 6. The molecular weight excluding hydrogens is 466 g/mol. The first-order valence-electron chi connectivity index (χ1n) is 10.5. The second-order valence-corrected chi connectivity index (χ2v) is 11.7. The van der Waals surface area contributed by atoms with Crippen molar-refractivity contribution in [1.82, 2.24) is 14.5 Å². The Morgan fingerprint density at radius 1 is 0.848 bits per heavy atom. The van der Waals surface area contributed by atoms with Crippen molar-refractivity contribution in [3.63, 3.8) is 0 Å². The number of piperazine rings is 1. The molecule has 1 aliphatic rings. The topological polar surface area (TPSA) is 121 Å². The number of sulfonamides is 1. The molecule has 1 fully saturated rings. The van der Waals surface area contributed by atoms with E-state index in [0.717, 1.165) is 0 Å². The van der Waals surface area contributed by atoms with Gasteiger partial charge >= 0.3 is 0 Å². The number of hydrogen-bond donors (Lipinski definition) is 1. The van der Waals surface area contributed by atoms with E-state index < -0.39 is 25.8 Å². The van der Waals surface area contributed by atoms with Gasteiger partial charge in [-0.2, -0.15) is 4.31 Å². The fourth-order valence-corrected chi connectivity index (χ4v) is 6.24. The predicted molar refractivity (Wildman–Crippen MR) is 123 cm³/mol. The van der Waals surface area contributed by atoms with Gasteiger partial charge in [0.2, 0.25) is 15.9 Å². The number of rotatable bonds is 8. The second kappa shape index (κ2) is 10.4. The van der Waals surface area contributed by atoms with Crippen molar-refractivity contribution in [3.05, 3.63) is 60.2 Å². The van der Waals surface area contributed by atoms with E-state index >= 15 is 0 Å². The lowest BCUT2D eigenvalue weighted by Crippen LogP contribution is -2.49. The molecule has 0 unspecified atom stereocenters. The van der Waals surface area contributed by atoms with Crippen molar-refractivity contribution < 1.29 is 26.4 Å². The van der Waals surface area contributed by atoms with Gasteiger partial charge in [-0.1, -0.05) is 18.2 Å². The first-order chi connectivity index (χ1) is 15.6. The highest BCUT2D eigenvalue weighted by Gasteiger charge is 2.29. The zero-order valence-corrected chi connectivity index (χ0v) is 19.9. The standard InChI is InChI=1S/C22H27N3O6S2/c1-18(26)24-13-15-25(16-14-24)33(30,31)21-10-8-19(9-11-21)22(27)23-12-5-17-32(28,29)20-6-3-2-4-7-20/h2-4,6-11H,5,12-17H2,1H3,(H,23,27). The highest BCUT2D eigenvalue weighted by atomic mass is 32.2. The number of carbonyl (C=O) groups is 2. The minimum atomic E-state index is -3.72. The lowest BCUT2D eigenvalue weighted by Gasteiger charge is -2.33. The van der Waals surface area contributed by atoms with Crippen LogP contribution in [-0.4, -0.2) is 76.3 Å². The Morgan fingerprint density at radius 2 is 1.45 bits per heavy atom. The van der Waals surface area contributed by atoms with Crippen LogP contribution in [0.25, 0.3) is 0 Å². The average Bonchev–Trinajstić information content (AvgIpc) is 2.82. The monoisotopic (exact) mass is 493 g/mol. The molecule has 3 rings (SSSR count). The van der Waals surface area contributed by atoms with Crippen molar-refractivity contribution >= 4 is 31.7 Å². The summed E-state index contributed by atoms with van der Waals surface area (Å²) >= 11 is 0. The summed E-state index contributed by atoms with van der Waals surface area (Å²) in [6, 6.07) is 13.7. The maximum atomic E-state index is 12.8. The van der Waals surface area contributed by atoms with Crippen LogP contribution >= 0.6 is 0 Å². The summed E-state index contributed by atoms with van der Waals surface area (Å²) in [6.07, 6.45) is 0.252. The second-order valence-electron chi connectivity index (χ2n) is 7.68. The van der Waals surface area contributed by atoms with Gasteiger partial charge in [0.1, 0.15) is 0 Å². The van der Waals surface area contributed by atoms with Crippen LogP contribution in [0.5, 0.6) is 0 Å². The molecule has 0 saturated carbocycles. The molecule has 178 valence electrons. The smallest absolute Gasteiger partial charge is 0.251 e. The van der Waals surface area contributed by atoms with Gasteiger partial charge in [-0.25, -0.2) is 16.8 Å². The van der Waals surface area contributed by atoms with Crippen LogP contribution in [0.3, 0.4) is 0 Å². The Morgan fingerprint density at radius 3 is 2.03 bits per heavy atom. The van der Waals surface area contributed by atoms with E-state index in [4.69, 9.17) is 0 Å². The van der Waals surface area contributed by atoms with Crippen molar-refractivity contribution in [2.75, 3.05) is 38.5 Å². The van der Waals surface area contributed by atoms with Crippen LogP contribution in [-0.2, 0) is 24.7 Å². The molecule has 2 amide bonds. The molecule has 11 heteroatoms. The molecule has 0 aliphatic carbocycles. The van der Waals surface area contributed by atoms with Crippen molar-refractivity contribution in [3.8, 4) is 0 Å². The molecule has 9 nitrogen and oxygen atoms in total. The van der Waals surface area contributed by atoms with E-state index in [9.17, 15) is 26.4 Å². The molecule has 0 atom stereocenters. The van der Waals surface area contributed by atoms with Crippen LogP contribution in [0.15, 0.2) is 64.4 Å². The van der Waals surface area contributed by atoms with Crippen LogP contribution in [0.2, 0.25) is 0 Å². The molecule has 2 aromatic carbocycles. The number of nitrogens with one attached hydrogen (secondary N) is 1. The molecule has 0 radical (unpaired) electrons. The van der Waals surface area contributed by atoms with E-state index in [-0.39, 0.29) is 53.1 Å². The molecule has 1 saturated heterocycles. The summed E-state index contributed by atoms with van der Waals surface area (Å²) in [5.74, 6) is -0.586. The molecule has 0 bridgehead atoms. The van der Waals surface area contributed by atoms with E-state index in [1.807, 2.05) is 0 Å². The predicted octanol–water partition coefficient (Wildman–Crippen LogP) is 1.13. The molecule has 1 aliphatic heterocycles. The van der Waals surface area contributed by atoms with Gasteiger partial charge in [-0.05, 0) is 42.8 Å². The Labute approximate surface area is 194 Å². The fourth-order valence-electron chi connectivity index (χ4n) is 3.48. The third kappa shape index (κ3) is 6.18. The Balaban J connectivity index is 1.52. The summed E-state index contributed by atoms with van der Waals surface area (Å²) in [4.78, 5) is 25.7. The third-order valence-corrected chi connectivity index (χ3v) is 9.15. The number of amides is 2. The van der Waals surface area contributed by atoms with E-state index in [1.54, 1.807) is 23.1 Å². The molecule has 0 aromatic heterocycles. The fraction of sp³-hybridized carbons (Fsp3) is 0.364. The van der Waals surface area contributed by atoms with Crippen LogP contribution in [0.1, 0.15) is 23.7 Å². The van der Waals surface area contributed by atoms with Crippen molar-refractivity contribution in [1.29, 1.82) is 0 Å². The minimum absolute atomic E-state index is 0.0734. The van der Waals surface area contributed by atoms with Gasteiger partial charge in [-0.3, -0.25) is 9.59 Å². The molecular formula is C22H27N3O6S2. The van der Waals surface area contributed by atoms with Gasteiger partial charge in [0.15, 0.2) is 9.84 Å². The summed E-state index contributed by atoms with van der Waals surface area (Å²) in [6.45, 7) is 2.75. The maximum absolute atomic E-state index is 12.8. The van der Waals surface area contributed by atoms with Crippen molar-refractivity contribution in [2.24, 2.45) is 0 Å². The summed E-state index contributed by atoms with van der Waals surface area (Å²) < 4.78 is 51.5. The van der Waals surface area contributed by atoms with Crippen LogP contribution in [0, 0.1) is 0 Å². The number of nitrogens with zero attached hydrogens (tertiary/aromatic N) is 2. The lowest BCUT2D eigenvalue weighted by atomic mass is 10.2. The maximum Gasteiger partial charge on any atom is 0.251 e. The van der Waals surface area contributed by atoms with Gasteiger partial charge in [0.05, 0.1) is 15.5 Å². The zero-order chi connectivity index (χ0) is 24.1. The summed E-state index contributed by atoms with van der Waals surface area (Å²) in [5, 5.41) is 2.66. The highest BCUT2D eigenvalue weighted by molar-refractivity contribution is 7.91. The SMILES string of the molecule is CC(=O)N1CCN(S(=O)(=O)c2ccc(C(=O)NCCCS(=O)(=O)c3ccccc3)cc2)CC1. The van der Waals surface area contributed by atoms with Gasteiger partial charge in [0.25, 0.3) is 5.91 Å². The zero-order valence-electron chi connectivity index (χ0n) is 18.3. The Bertz CT molecular complexity index is 1190. The molecule has 1 heterocycles. The number of carbonyl (C=O) groups excluding carboxylic acids is 2. The van der Waals surface area contributed by atoms with Crippen molar-refractivity contribution in [2.45, 2.75) is 23.1 Å². The summed E-state index contributed by atoms with van der Waals surface area (Å²) in [7, 11) is -7.13. The largest absolute Gasteiger partial charge is 0.352 e. The van der Waals surface area contributed by atoms with Crippen LogP contribution < -0.4 is 5.32 Å². The van der Waals surface area contributed by atoms with E-state index in [2.05, 4.69) is 5.32 Å². The summed E-state index contributed by atoms with van der Waals surface area (Å²) in [5.41, 5.74) is 0.279. The average molecular weight is 494 g/mol. The first-order valence-corrected chi connectivity index (χ1v) is 13.6. The van der Waals surface area contributed by atoms with E-state index in [1.165, 1.54) is 47.6 Å². The number of sulfone groups is 1. The molecule has 33 heavy (non-hydrogen) atoms. The Hall–Kier alpha value is -2.76. The first kappa shape index (κ1) is 24.9. The highest BCUT2D eigenvalue weighted by Crippen LogP contribution is 2.18. The van der Waals surface area contributed by atoms with Gasteiger partial charge in [-0.15, -0.1) is 0 Å². The lowest BCUT2D eigenvalue weighted by molar-refractivity contribution is -0.129. The Kier molecular flexibility index (Phi) is 7.88. The third-order valence-electron chi connectivity index (χ3n) is 5.42. The number of benzene rings is 2. The van der Waals surface area contributed by atoms with E-state index in [0.29, 0.717) is 13.1 Å². The molecule has 2 aromatic rings. The van der Waals surface area contributed by atoms with Crippen LogP contribution in [0.4, 0.5) is 0 Å². The van der Waals surface area contributed by atoms with Gasteiger partial charge in [0, 0.05) is 45.2 Å². The molecule has 0 spiro atoms. The minimum Gasteiger partial charge on any atom is -0.352 e. The normalized spacial score (nSPS) is 15.2.